The fourth-order valence-corrected chi connectivity index (χ4v) is 3.97. The van der Waals surface area contributed by atoms with Gasteiger partial charge in [0.2, 0.25) is 0 Å². The third kappa shape index (κ3) is 2.72. The number of likely N-dealkylation sites (N-methyl/N-ethyl adjacent to an activating group) is 1. The SMILES string of the molecule is [2H]c1ncc2c(N)nc3ccc(C(=O)N(CC)[C@@H]4COc5cc(OC)ccc54)cc3n12. The number of aromatic nitrogens is 3. The third-order valence-electron chi connectivity index (χ3n) is 5.51. The number of nitrogen functional groups attached to an aromatic ring is 1. The Labute approximate surface area is 174 Å². The van der Waals surface area contributed by atoms with Gasteiger partial charge in [-0.3, -0.25) is 9.20 Å². The van der Waals surface area contributed by atoms with E-state index in [0.29, 0.717) is 46.8 Å². The van der Waals surface area contributed by atoms with E-state index >= 15 is 0 Å². The number of imidazole rings is 1. The van der Waals surface area contributed by atoms with Crippen LogP contribution in [0.4, 0.5) is 5.82 Å². The van der Waals surface area contributed by atoms with E-state index in [2.05, 4.69) is 9.97 Å². The highest BCUT2D eigenvalue weighted by atomic mass is 16.5. The summed E-state index contributed by atoms with van der Waals surface area (Å²) in [6.07, 6.45) is 1.55. The summed E-state index contributed by atoms with van der Waals surface area (Å²) in [7, 11) is 1.61. The van der Waals surface area contributed by atoms with Gasteiger partial charge in [-0.2, -0.15) is 0 Å². The van der Waals surface area contributed by atoms with E-state index < -0.39 is 0 Å². The summed E-state index contributed by atoms with van der Waals surface area (Å²) in [4.78, 5) is 23.7. The largest absolute Gasteiger partial charge is 0.497 e. The van der Waals surface area contributed by atoms with Crippen molar-refractivity contribution in [2.75, 3.05) is 26.0 Å². The molecular formula is C22H21N5O3. The summed E-state index contributed by atoms with van der Waals surface area (Å²) in [6, 6.07) is 10.7. The van der Waals surface area contributed by atoms with Crippen LogP contribution in [0.2, 0.25) is 0 Å². The number of ether oxygens (including phenoxy) is 2. The second-order valence-corrected chi connectivity index (χ2v) is 7.10. The minimum absolute atomic E-state index is 0.0399. The summed E-state index contributed by atoms with van der Waals surface area (Å²) >= 11 is 0. The number of hydrogen-bond acceptors (Lipinski definition) is 6. The van der Waals surface area contributed by atoms with Crippen LogP contribution >= 0.6 is 0 Å². The van der Waals surface area contributed by atoms with Crippen LogP contribution in [-0.4, -0.2) is 45.4 Å². The molecule has 0 saturated heterocycles. The van der Waals surface area contributed by atoms with Gasteiger partial charge in [0.05, 0.1) is 36.7 Å². The number of amides is 1. The van der Waals surface area contributed by atoms with Gasteiger partial charge in [-0.15, -0.1) is 0 Å². The number of anilines is 1. The molecule has 0 radical (unpaired) electrons. The Hall–Kier alpha value is -3.81. The molecule has 0 bridgehead atoms. The van der Waals surface area contributed by atoms with E-state index in [9.17, 15) is 4.79 Å². The first kappa shape index (κ1) is 17.1. The molecule has 0 spiro atoms. The van der Waals surface area contributed by atoms with Crippen LogP contribution < -0.4 is 15.2 Å². The van der Waals surface area contributed by atoms with Crippen LogP contribution in [0, 0.1) is 0 Å². The number of fused-ring (bicyclic) bond motifs is 4. The monoisotopic (exact) mass is 404 g/mol. The number of methoxy groups -OCH3 is 1. The molecular weight excluding hydrogens is 382 g/mol. The van der Waals surface area contributed by atoms with Crippen molar-refractivity contribution < 1.29 is 15.6 Å². The predicted molar refractivity (Wildman–Crippen MR) is 113 cm³/mol. The molecule has 0 fully saturated rings. The van der Waals surface area contributed by atoms with Gasteiger partial charge in [0.15, 0.2) is 0 Å². The van der Waals surface area contributed by atoms with Crippen LogP contribution in [0.5, 0.6) is 11.5 Å². The number of rotatable bonds is 4. The zero-order chi connectivity index (χ0) is 21.7. The van der Waals surface area contributed by atoms with Crippen LogP contribution in [0.3, 0.4) is 0 Å². The second kappa shape index (κ2) is 6.91. The first-order valence-corrected chi connectivity index (χ1v) is 9.66. The highest BCUT2D eigenvalue weighted by Gasteiger charge is 2.32. The smallest absolute Gasteiger partial charge is 0.254 e. The molecule has 0 unspecified atom stereocenters. The number of nitrogens with two attached hydrogens (primary N) is 1. The summed E-state index contributed by atoms with van der Waals surface area (Å²) < 4.78 is 20.8. The maximum atomic E-state index is 13.5. The lowest BCUT2D eigenvalue weighted by atomic mass is 10.0. The summed E-state index contributed by atoms with van der Waals surface area (Å²) in [5.74, 6) is 1.61. The van der Waals surface area contributed by atoms with Crippen molar-refractivity contribution in [2.45, 2.75) is 13.0 Å². The molecule has 3 heterocycles. The molecule has 0 aliphatic carbocycles. The number of carbonyl (C=O) groups is 1. The summed E-state index contributed by atoms with van der Waals surface area (Å²) in [5, 5.41) is 0. The van der Waals surface area contributed by atoms with Crippen LogP contribution in [0.25, 0.3) is 16.6 Å². The van der Waals surface area contributed by atoms with E-state index in [4.69, 9.17) is 16.6 Å². The topological polar surface area (TPSA) is 95.0 Å². The molecule has 8 heteroatoms. The van der Waals surface area contributed by atoms with Crippen molar-refractivity contribution in [1.82, 2.24) is 19.3 Å². The van der Waals surface area contributed by atoms with Crippen LogP contribution in [0.15, 0.2) is 48.9 Å². The summed E-state index contributed by atoms with van der Waals surface area (Å²) in [6.45, 7) is 2.84. The molecule has 1 amide bonds. The average Bonchev–Trinajstić information content (AvgIpc) is 3.38. The lowest BCUT2D eigenvalue weighted by Crippen LogP contribution is -2.35. The quantitative estimate of drug-likeness (QED) is 0.562. The highest BCUT2D eigenvalue weighted by molar-refractivity contribution is 5.98. The van der Waals surface area contributed by atoms with E-state index in [0.717, 1.165) is 11.3 Å². The summed E-state index contributed by atoms with van der Waals surface area (Å²) in [5.41, 5.74) is 9.20. The van der Waals surface area contributed by atoms with Gasteiger partial charge in [-0.25, -0.2) is 9.97 Å². The molecule has 2 aromatic heterocycles. The fourth-order valence-electron chi connectivity index (χ4n) is 3.97. The predicted octanol–water partition coefficient (Wildman–Crippen LogP) is 3.07. The molecule has 1 aliphatic heterocycles. The third-order valence-corrected chi connectivity index (χ3v) is 5.51. The zero-order valence-corrected chi connectivity index (χ0v) is 16.6. The Kier molecular flexibility index (Phi) is 3.93. The van der Waals surface area contributed by atoms with E-state index in [1.807, 2.05) is 25.1 Å². The van der Waals surface area contributed by atoms with Gasteiger partial charge >= 0.3 is 0 Å². The molecule has 1 aliphatic rings. The van der Waals surface area contributed by atoms with Crippen molar-refractivity contribution in [1.29, 1.82) is 0 Å². The average molecular weight is 404 g/mol. The molecule has 30 heavy (non-hydrogen) atoms. The van der Waals surface area contributed by atoms with Crippen molar-refractivity contribution in [3.05, 3.63) is 60.0 Å². The van der Waals surface area contributed by atoms with Crippen molar-refractivity contribution >= 4 is 28.3 Å². The molecule has 8 nitrogen and oxygen atoms in total. The van der Waals surface area contributed by atoms with Gasteiger partial charge in [0.25, 0.3) is 5.91 Å². The Morgan fingerprint density at radius 3 is 3.03 bits per heavy atom. The minimum atomic E-state index is -0.196. The minimum Gasteiger partial charge on any atom is -0.497 e. The normalized spacial score (nSPS) is 15.7. The molecule has 0 saturated carbocycles. The van der Waals surface area contributed by atoms with Gasteiger partial charge in [0, 0.05) is 23.7 Å². The number of carbonyl (C=O) groups excluding carboxylic acids is 1. The molecule has 4 aromatic rings. The van der Waals surface area contributed by atoms with Crippen molar-refractivity contribution in [3.63, 3.8) is 0 Å². The first-order chi connectivity index (χ1) is 15.0. The zero-order valence-electron chi connectivity index (χ0n) is 17.6. The number of nitrogens with zero attached hydrogens (tertiary/aromatic N) is 4. The highest BCUT2D eigenvalue weighted by Crippen LogP contribution is 2.39. The number of benzene rings is 2. The molecule has 2 N–H and O–H groups in total. The van der Waals surface area contributed by atoms with Gasteiger partial charge in [-0.1, -0.05) is 0 Å². The lowest BCUT2D eigenvalue weighted by Gasteiger charge is -2.27. The standard InChI is InChI=1S/C22H21N5O3/c1-3-26(19-11-30-20-9-14(29-2)5-6-15(19)20)22(28)13-4-7-16-17(8-13)27-12-24-10-18(27)21(23)25-16/h4-10,12,19H,3,11H2,1-2H3,(H2,23,25)/t19-/m1/s1/i12D. The Morgan fingerprint density at radius 2 is 2.23 bits per heavy atom. The maximum absolute atomic E-state index is 13.5. The van der Waals surface area contributed by atoms with Gasteiger partial charge in [-0.05, 0) is 37.3 Å². The second-order valence-electron chi connectivity index (χ2n) is 7.10. The first-order valence-electron chi connectivity index (χ1n) is 10.2. The number of hydrogen-bond donors (Lipinski definition) is 1. The fraction of sp³-hybridized carbons (Fsp3) is 0.227. The maximum Gasteiger partial charge on any atom is 0.254 e. The Bertz CT molecular complexity index is 1340. The lowest BCUT2D eigenvalue weighted by molar-refractivity contribution is 0.0662. The molecule has 152 valence electrons. The molecule has 5 rings (SSSR count). The van der Waals surface area contributed by atoms with Gasteiger partial charge in [0.1, 0.15) is 30.8 Å². The van der Waals surface area contributed by atoms with Crippen LogP contribution in [0.1, 0.15) is 30.3 Å². The molecule has 1 atom stereocenters. The van der Waals surface area contributed by atoms with Gasteiger partial charge < -0.3 is 20.1 Å². The van der Waals surface area contributed by atoms with E-state index in [1.54, 1.807) is 34.6 Å². The van der Waals surface area contributed by atoms with E-state index in [-0.39, 0.29) is 18.3 Å². The Morgan fingerprint density at radius 1 is 1.37 bits per heavy atom. The Balaban J connectivity index is 1.56. The van der Waals surface area contributed by atoms with Crippen LogP contribution in [-0.2, 0) is 0 Å². The van der Waals surface area contributed by atoms with Crippen molar-refractivity contribution in [2.24, 2.45) is 0 Å². The molecule has 2 aromatic carbocycles. The van der Waals surface area contributed by atoms with Crippen molar-refractivity contribution in [3.8, 4) is 11.5 Å². The van der Waals surface area contributed by atoms with E-state index in [1.165, 1.54) is 6.20 Å².